The number of amidine groups is 1. The molecule has 160 valence electrons. The highest BCUT2D eigenvalue weighted by Crippen LogP contribution is 2.37. The molecule has 1 amide bonds. The topological polar surface area (TPSA) is 60.3 Å². The van der Waals surface area contributed by atoms with E-state index in [1.165, 1.54) is 41.5 Å². The zero-order valence-corrected chi connectivity index (χ0v) is 18.5. The fraction of sp³-hybridized carbons (Fsp3) is 0.400. The van der Waals surface area contributed by atoms with Gasteiger partial charge in [-0.3, -0.25) is 9.69 Å². The lowest BCUT2D eigenvalue weighted by molar-refractivity contribution is -0.114. The SMILES string of the molecule is Cc1cc2c(cc1C)N(CCN(C)C1CCCc3ccccc31)C1=NCNC(=O)C1=N2. The summed E-state index contributed by atoms with van der Waals surface area (Å²) in [6.45, 7) is 6.14. The molecule has 1 atom stereocenters. The van der Waals surface area contributed by atoms with Crippen LogP contribution in [0.3, 0.4) is 0 Å². The molecule has 0 saturated carbocycles. The van der Waals surface area contributed by atoms with Crippen LogP contribution in [0.2, 0.25) is 0 Å². The molecular formula is C25H29N5O. The van der Waals surface area contributed by atoms with E-state index in [1.807, 2.05) is 0 Å². The molecule has 0 spiro atoms. The van der Waals surface area contributed by atoms with Crippen molar-refractivity contribution in [3.8, 4) is 0 Å². The smallest absolute Gasteiger partial charge is 0.275 e. The molecule has 0 aromatic heterocycles. The van der Waals surface area contributed by atoms with Crippen molar-refractivity contribution in [2.75, 3.05) is 31.7 Å². The lowest BCUT2D eigenvalue weighted by Gasteiger charge is -2.37. The molecule has 1 unspecified atom stereocenters. The lowest BCUT2D eigenvalue weighted by Crippen LogP contribution is -2.52. The predicted octanol–water partition coefficient (Wildman–Crippen LogP) is 3.69. The monoisotopic (exact) mass is 415 g/mol. The van der Waals surface area contributed by atoms with E-state index in [-0.39, 0.29) is 5.91 Å². The van der Waals surface area contributed by atoms with Crippen molar-refractivity contribution in [1.82, 2.24) is 10.2 Å². The Kier molecular flexibility index (Phi) is 5.10. The first-order chi connectivity index (χ1) is 15.0. The Hall–Kier alpha value is -2.99. The molecular weight excluding hydrogens is 386 g/mol. The fourth-order valence-corrected chi connectivity index (χ4v) is 4.91. The summed E-state index contributed by atoms with van der Waals surface area (Å²) >= 11 is 0. The van der Waals surface area contributed by atoms with E-state index in [9.17, 15) is 4.79 Å². The number of benzene rings is 2. The molecule has 2 aromatic rings. The number of aryl methyl sites for hydroxylation is 3. The number of fused-ring (bicyclic) bond motifs is 3. The van der Waals surface area contributed by atoms with Gasteiger partial charge in [0.25, 0.3) is 5.91 Å². The zero-order valence-electron chi connectivity index (χ0n) is 18.5. The zero-order chi connectivity index (χ0) is 21.5. The summed E-state index contributed by atoms with van der Waals surface area (Å²) in [4.78, 5) is 26.4. The van der Waals surface area contributed by atoms with Gasteiger partial charge in [-0.05, 0) is 74.5 Å². The van der Waals surface area contributed by atoms with Gasteiger partial charge in [0, 0.05) is 19.1 Å². The highest BCUT2D eigenvalue weighted by molar-refractivity contribution is 6.70. The number of anilines is 1. The molecule has 1 aliphatic carbocycles. The first kappa shape index (κ1) is 19.9. The van der Waals surface area contributed by atoms with Gasteiger partial charge in [0.15, 0.2) is 11.5 Å². The number of nitrogens with one attached hydrogen (secondary N) is 1. The quantitative estimate of drug-likeness (QED) is 0.829. The largest absolute Gasteiger partial charge is 0.331 e. The molecule has 31 heavy (non-hydrogen) atoms. The third-order valence-electron chi connectivity index (χ3n) is 6.81. The Morgan fingerprint density at radius 2 is 2.00 bits per heavy atom. The predicted molar refractivity (Wildman–Crippen MR) is 126 cm³/mol. The van der Waals surface area contributed by atoms with Gasteiger partial charge in [-0.25, -0.2) is 9.98 Å². The summed E-state index contributed by atoms with van der Waals surface area (Å²) in [7, 11) is 2.21. The van der Waals surface area contributed by atoms with Crippen molar-refractivity contribution in [3.05, 3.63) is 58.7 Å². The molecule has 2 aromatic carbocycles. The van der Waals surface area contributed by atoms with Crippen molar-refractivity contribution in [2.45, 2.75) is 39.2 Å². The van der Waals surface area contributed by atoms with Crippen LogP contribution in [0.1, 0.15) is 41.1 Å². The summed E-state index contributed by atoms with van der Waals surface area (Å²) in [6.07, 6.45) is 3.57. The summed E-state index contributed by atoms with van der Waals surface area (Å²) in [6, 6.07) is 13.5. The number of amides is 1. The molecule has 6 heteroatoms. The highest BCUT2D eigenvalue weighted by atomic mass is 16.2. The van der Waals surface area contributed by atoms with Crippen LogP contribution in [0.5, 0.6) is 0 Å². The molecule has 1 N–H and O–H groups in total. The fourth-order valence-electron chi connectivity index (χ4n) is 4.91. The van der Waals surface area contributed by atoms with E-state index in [0.29, 0.717) is 24.3 Å². The van der Waals surface area contributed by atoms with Gasteiger partial charge < -0.3 is 10.2 Å². The first-order valence-corrected chi connectivity index (χ1v) is 11.1. The molecule has 3 aliphatic rings. The van der Waals surface area contributed by atoms with Crippen LogP contribution in [-0.2, 0) is 11.2 Å². The number of carbonyl (C=O) groups excluding carboxylic acids is 1. The summed E-state index contributed by atoms with van der Waals surface area (Å²) in [5.74, 6) is 0.547. The second-order valence-electron chi connectivity index (χ2n) is 8.77. The normalized spacial score (nSPS) is 19.8. The van der Waals surface area contributed by atoms with E-state index < -0.39 is 0 Å². The Bertz CT molecular complexity index is 1100. The number of aliphatic imine (C=N–C) groups is 2. The van der Waals surface area contributed by atoms with E-state index >= 15 is 0 Å². The first-order valence-electron chi connectivity index (χ1n) is 11.1. The maximum absolute atomic E-state index is 12.5. The van der Waals surface area contributed by atoms with Gasteiger partial charge in [0.05, 0.1) is 11.4 Å². The van der Waals surface area contributed by atoms with Gasteiger partial charge in [-0.2, -0.15) is 0 Å². The highest BCUT2D eigenvalue weighted by Gasteiger charge is 2.33. The third kappa shape index (κ3) is 3.55. The minimum absolute atomic E-state index is 0.145. The van der Waals surface area contributed by atoms with Crippen LogP contribution < -0.4 is 10.2 Å². The van der Waals surface area contributed by atoms with Crippen molar-refractivity contribution >= 4 is 28.8 Å². The van der Waals surface area contributed by atoms with E-state index in [1.54, 1.807) is 0 Å². The van der Waals surface area contributed by atoms with Crippen LogP contribution in [0.25, 0.3) is 0 Å². The molecule has 0 fully saturated rings. The van der Waals surface area contributed by atoms with Gasteiger partial charge in [0.2, 0.25) is 0 Å². The van der Waals surface area contributed by atoms with Crippen LogP contribution in [0.4, 0.5) is 11.4 Å². The van der Waals surface area contributed by atoms with E-state index in [0.717, 1.165) is 24.5 Å². The molecule has 0 bridgehead atoms. The van der Waals surface area contributed by atoms with Crippen LogP contribution >= 0.6 is 0 Å². The number of likely N-dealkylation sites (N-methyl/N-ethyl adjacent to an activating group) is 1. The second kappa shape index (κ2) is 7.93. The Labute approximate surface area is 183 Å². The number of nitrogens with zero attached hydrogens (tertiary/aromatic N) is 4. The minimum Gasteiger partial charge on any atom is -0.331 e. The van der Waals surface area contributed by atoms with Gasteiger partial charge in [-0.1, -0.05) is 24.3 Å². The van der Waals surface area contributed by atoms with E-state index in [2.05, 4.69) is 82.4 Å². The summed E-state index contributed by atoms with van der Waals surface area (Å²) in [5.41, 5.74) is 7.64. The van der Waals surface area contributed by atoms with Crippen LogP contribution in [-0.4, -0.2) is 49.2 Å². The maximum Gasteiger partial charge on any atom is 0.275 e. The maximum atomic E-state index is 12.5. The number of carbonyl (C=O) groups is 1. The molecule has 0 radical (unpaired) electrons. The van der Waals surface area contributed by atoms with Crippen molar-refractivity contribution in [3.63, 3.8) is 0 Å². The average Bonchev–Trinajstić information content (AvgIpc) is 2.78. The Balaban J connectivity index is 1.44. The number of hydrogen-bond acceptors (Lipinski definition) is 5. The van der Waals surface area contributed by atoms with Gasteiger partial charge in [-0.15, -0.1) is 0 Å². The lowest BCUT2D eigenvalue weighted by atomic mass is 9.87. The Morgan fingerprint density at radius 1 is 1.19 bits per heavy atom. The minimum atomic E-state index is -0.145. The van der Waals surface area contributed by atoms with E-state index in [4.69, 9.17) is 0 Å². The summed E-state index contributed by atoms with van der Waals surface area (Å²) in [5, 5.41) is 2.79. The number of hydrogen-bond donors (Lipinski definition) is 1. The molecule has 5 rings (SSSR count). The average molecular weight is 416 g/mol. The summed E-state index contributed by atoms with van der Waals surface area (Å²) < 4.78 is 0. The molecule has 6 nitrogen and oxygen atoms in total. The molecule has 2 heterocycles. The number of rotatable bonds is 4. The van der Waals surface area contributed by atoms with Gasteiger partial charge in [0.1, 0.15) is 6.67 Å². The third-order valence-corrected chi connectivity index (χ3v) is 6.81. The second-order valence-corrected chi connectivity index (χ2v) is 8.77. The van der Waals surface area contributed by atoms with Crippen molar-refractivity contribution < 1.29 is 4.79 Å². The molecule has 0 saturated heterocycles. The van der Waals surface area contributed by atoms with Crippen LogP contribution in [0.15, 0.2) is 46.4 Å². The van der Waals surface area contributed by atoms with Gasteiger partial charge >= 0.3 is 0 Å². The van der Waals surface area contributed by atoms with Crippen molar-refractivity contribution in [1.29, 1.82) is 0 Å². The molecule has 2 aliphatic heterocycles. The van der Waals surface area contributed by atoms with Crippen molar-refractivity contribution in [2.24, 2.45) is 9.98 Å². The Morgan fingerprint density at radius 3 is 2.87 bits per heavy atom. The van der Waals surface area contributed by atoms with Crippen LogP contribution in [0, 0.1) is 13.8 Å². The standard InChI is InChI=1S/C25H29N5O/c1-16-13-20-22(14-17(16)2)30(24-23(28-20)25(31)27-15-26-24)12-11-29(3)21-10-6-8-18-7-4-5-9-19(18)21/h4-5,7,9,13-14,21H,6,8,10-12,15H2,1-3H3,(H,27,31).